The molecule has 6 aromatic heterocycles. The van der Waals surface area contributed by atoms with Gasteiger partial charge in [-0.1, -0.05) is 32.9 Å². The second-order valence-electron chi connectivity index (χ2n) is 21.0. The summed E-state index contributed by atoms with van der Waals surface area (Å²) in [6.07, 6.45) is -9.98. The summed E-state index contributed by atoms with van der Waals surface area (Å²) in [5.41, 5.74) is 18.9. The van der Waals surface area contributed by atoms with Crippen molar-refractivity contribution < 1.29 is 83.4 Å². The number of aromatic nitrogens is 12. The highest BCUT2D eigenvalue weighted by molar-refractivity contribution is 7.86. The van der Waals surface area contributed by atoms with Crippen molar-refractivity contribution >= 4 is 90.7 Å². The summed E-state index contributed by atoms with van der Waals surface area (Å²) in [7, 11) is -18.5. The molecule has 0 spiro atoms. The Morgan fingerprint density at radius 2 is 1.20 bits per heavy atom. The Morgan fingerprint density at radius 1 is 0.723 bits per heavy atom. The monoisotopic (exact) mass is 1240 g/mol. The normalized spacial score (nSPS) is 26.7. The Balaban J connectivity index is 0.954. The summed E-state index contributed by atoms with van der Waals surface area (Å²) in [6, 6.07) is 5.00. The fourth-order valence-corrected chi connectivity index (χ4v) is 13.6. The van der Waals surface area contributed by atoms with E-state index in [-0.39, 0.29) is 74.5 Å². The number of nitrogens with two attached hydrogens (primary N) is 3. The van der Waals surface area contributed by atoms with Gasteiger partial charge in [0, 0.05) is 18.6 Å². The van der Waals surface area contributed by atoms with Gasteiger partial charge >= 0.3 is 15.6 Å². The van der Waals surface area contributed by atoms with Crippen LogP contribution in [0.4, 0.5) is 23.1 Å². The van der Waals surface area contributed by atoms with Gasteiger partial charge in [-0.05, 0) is 30.1 Å². The van der Waals surface area contributed by atoms with Crippen LogP contribution in [0.3, 0.4) is 0 Å². The number of non-ortho nitro benzene ring substituents is 1. The lowest BCUT2D eigenvalue weighted by Gasteiger charge is -2.40. The Hall–Kier alpha value is -6.22. The number of nitro benzene ring substituents is 1. The van der Waals surface area contributed by atoms with Crippen LogP contribution in [-0.2, 0) is 66.6 Å². The van der Waals surface area contributed by atoms with Crippen molar-refractivity contribution in [2.75, 3.05) is 42.8 Å². The zero-order valence-corrected chi connectivity index (χ0v) is 48.2. The van der Waals surface area contributed by atoms with E-state index in [1.165, 1.54) is 52.4 Å². The standard InChI is InChI=1S/C44H58N16O19P2SSi/c1-44(2,3)83(4,5)79-33-31(62)26(74-42(33)58-20-55-29-36(46)49-17-52-39(29)58)14-71-81(67,68)77-34-32(78-82(69,70)11-10-22-6-8-23(9-7-22)60(63)64)27(75-43(34)59-21-56-30-37(47)50-18-53-40(30)59)15-72-80(65,66)76-25-12-24(13-61)73-41(25)57-19-54-28-35(45)48-16-51-38(28)57/h6-9,16-21,24-27,31-34,41-43,61-62H,10-15H2,1-5H3,(H,65,66)(H,67,68)(H2,45,48,51)(H2,46,49,52)(H2,47,50,53)/t24-,25+,26+,27+,31+,32+,33+,34+,41+,42+,43+/m0/s1. The third-order valence-electron chi connectivity index (χ3n) is 14.5. The molecule has 0 bridgehead atoms. The molecular formula is C44H58N16O19P2SSi. The minimum Gasteiger partial charge on any atom is -0.407 e. The van der Waals surface area contributed by atoms with E-state index < -0.39 is 132 Å². The van der Waals surface area contributed by atoms with Gasteiger partial charge in [0.1, 0.15) is 78.3 Å². The number of benzene rings is 1. The lowest BCUT2D eigenvalue weighted by molar-refractivity contribution is -0.384. The van der Waals surface area contributed by atoms with Gasteiger partial charge in [0.15, 0.2) is 61.4 Å². The molecule has 2 unspecified atom stereocenters. The molecule has 0 amide bonds. The van der Waals surface area contributed by atoms with Gasteiger partial charge in [-0.25, -0.2) is 54.0 Å². The first kappa shape index (κ1) is 59.9. The number of aryl methyl sites for hydroxylation is 1. The van der Waals surface area contributed by atoms with Gasteiger partial charge in [0.25, 0.3) is 15.8 Å². The highest BCUT2D eigenvalue weighted by atomic mass is 32.2. The van der Waals surface area contributed by atoms with Crippen molar-refractivity contribution in [1.29, 1.82) is 0 Å². The minimum absolute atomic E-state index is 0.00927. The Morgan fingerprint density at radius 3 is 1.71 bits per heavy atom. The molecule has 3 fully saturated rings. The van der Waals surface area contributed by atoms with E-state index in [1.807, 2.05) is 33.9 Å². The van der Waals surface area contributed by atoms with Crippen LogP contribution in [0.25, 0.3) is 33.5 Å². The number of nitrogens with zero attached hydrogens (tertiary/aromatic N) is 13. The van der Waals surface area contributed by atoms with E-state index in [0.29, 0.717) is 5.56 Å². The molecule has 10 N–H and O–H groups in total. The predicted octanol–water partition coefficient (Wildman–Crippen LogP) is 1.95. The number of ether oxygens (including phenoxy) is 3. The maximum absolute atomic E-state index is 14.6. The molecule has 9 heterocycles. The van der Waals surface area contributed by atoms with Crippen molar-refractivity contribution in [2.45, 2.75) is 119 Å². The Labute approximate surface area is 471 Å². The summed E-state index contributed by atoms with van der Waals surface area (Å²) >= 11 is 0. The maximum atomic E-state index is 14.6. The number of fused-ring (bicyclic) bond motifs is 3. The smallest absolute Gasteiger partial charge is 0.407 e. The molecule has 0 saturated carbocycles. The molecule has 0 aliphatic carbocycles. The molecule has 35 nitrogen and oxygen atoms in total. The summed E-state index contributed by atoms with van der Waals surface area (Å²) in [4.78, 5) is 71.3. The SMILES string of the molecule is CC(C)(C)[Si](C)(C)O[C@@H]1[C@H](O)[C@@H](COP(=O)(O)O[C@@H]2[C@H](OS(=O)(=O)CCc3ccc([N+](=O)[O-])cc3)[C@@H](COP(=O)(O)O[C@@H]3C[C@@H](CO)O[C@H]3n3cnc4c(N)ncnc43)O[C@H]2n2cnc3c(N)ncnc32)O[C@H]1n1cnc2c(N)ncnc21. The number of hydrogen-bond acceptors (Lipinski definition) is 29. The van der Waals surface area contributed by atoms with Crippen molar-refractivity contribution in [1.82, 2.24) is 58.6 Å². The fraction of sp³-hybridized carbons (Fsp3) is 0.523. The summed E-state index contributed by atoms with van der Waals surface area (Å²) in [5, 5.41) is 33.0. The van der Waals surface area contributed by atoms with Crippen LogP contribution in [0.5, 0.6) is 0 Å². The molecule has 10 rings (SSSR count). The van der Waals surface area contributed by atoms with Crippen molar-refractivity contribution in [3.05, 3.63) is 77.9 Å². The fourth-order valence-electron chi connectivity index (χ4n) is 9.33. The second-order valence-corrected chi connectivity index (χ2v) is 30.3. The Kier molecular flexibility index (Phi) is 16.6. The van der Waals surface area contributed by atoms with Gasteiger partial charge < -0.3 is 55.8 Å². The molecule has 3 saturated heterocycles. The molecule has 83 heavy (non-hydrogen) atoms. The highest BCUT2D eigenvalue weighted by Gasteiger charge is 2.55. The average molecular weight is 1240 g/mol. The van der Waals surface area contributed by atoms with Crippen LogP contribution >= 0.6 is 15.6 Å². The number of aliphatic hydroxyl groups is 2. The number of nitro groups is 1. The molecule has 39 heteroatoms. The van der Waals surface area contributed by atoms with Crippen molar-refractivity contribution in [3.8, 4) is 0 Å². The van der Waals surface area contributed by atoms with Gasteiger partial charge in [-0.15, -0.1) is 0 Å². The Bertz CT molecular complexity index is 3750. The second kappa shape index (κ2) is 23.0. The number of anilines is 3. The zero-order chi connectivity index (χ0) is 59.6. The number of phosphoric acid groups is 2. The van der Waals surface area contributed by atoms with Crippen molar-refractivity contribution in [2.24, 2.45) is 0 Å². The summed E-state index contributed by atoms with van der Waals surface area (Å²) < 4.78 is 115. The van der Waals surface area contributed by atoms with Crippen LogP contribution in [0.15, 0.2) is 62.2 Å². The lowest BCUT2D eigenvalue weighted by atomic mass is 10.1. The molecule has 7 aromatic rings. The number of imidazole rings is 3. The zero-order valence-electron chi connectivity index (χ0n) is 44.6. The molecular weight excluding hydrogens is 1180 g/mol. The molecule has 13 atom stereocenters. The van der Waals surface area contributed by atoms with Crippen LogP contribution in [0.2, 0.25) is 18.1 Å². The maximum Gasteiger partial charge on any atom is 0.472 e. The predicted molar refractivity (Wildman–Crippen MR) is 287 cm³/mol. The van der Waals surface area contributed by atoms with E-state index in [2.05, 4.69) is 44.9 Å². The minimum atomic E-state index is -5.59. The van der Waals surface area contributed by atoms with E-state index in [0.717, 1.165) is 23.5 Å². The number of rotatable bonds is 22. The van der Waals surface area contributed by atoms with Crippen LogP contribution in [0, 0.1) is 10.1 Å². The first-order valence-corrected chi connectivity index (χ1v) is 32.8. The molecule has 3 aliphatic heterocycles. The van der Waals surface area contributed by atoms with Gasteiger partial charge in [0.2, 0.25) is 0 Å². The van der Waals surface area contributed by atoms with Crippen LogP contribution in [0.1, 0.15) is 51.4 Å². The van der Waals surface area contributed by atoms with Gasteiger partial charge in [-0.3, -0.25) is 46.1 Å². The first-order chi connectivity index (χ1) is 39.1. The van der Waals surface area contributed by atoms with Gasteiger partial charge in [-0.2, -0.15) is 8.42 Å². The number of phosphoric ester groups is 2. The molecule has 448 valence electrons. The van der Waals surface area contributed by atoms with E-state index in [1.54, 1.807) is 0 Å². The number of hydrogen-bond donors (Lipinski definition) is 7. The number of nitrogen functional groups attached to an aromatic ring is 3. The molecule has 3 aliphatic rings. The summed E-state index contributed by atoms with van der Waals surface area (Å²) in [5.74, 6) is -0.861. The topological polar surface area (TPSA) is 484 Å². The molecule has 0 radical (unpaired) electrons. The summed E-state index contributed by atoms with van der Waals surface area (Å²) in [6.45, 7) is 7.32. The van der Waals surface area contributed by atoms with Crippen molar-refractivity contribution in [3.63, 3.8) is 0 Å². The van der Waals surface area contributed by atoms with E-state index in [9.17, 15) is 47.7 Å². The average Bonchev–Trinajstić information content (AvgIpc) is 2.73. The van der Waals surface area contributed by atoms with E-state index >= 15 is 0 Å². The van der Waals surface area contributed by atoms with E-state index in [4.69, 9.17) is 58.1 Å². The molecule has 1 aromatic carbocycles. The highest BCUT2D eigenvalue weighted by Crippen LogP contribution is 2.54. The largest absolute Gasteiger partial charge is 0.472 e. The quantitative estimate of drug-likeness (QED) is 0.0168. The van der Waals surface area contributed by atoms with Gasteiger partial charge in [0.05, 0.1) is 55.6 Å². The number of aliphatic hydroxyl groups excluding tert-OH is 2. The lowest BCUT2D eigenvalue weighted by Crippen LogP contribution is -2.48. The van der Waals surface area contributed by atoms with Crippen LogP contribution in [-0.4, -0.2) is 175 Å². The third kappa shape index (κ3) is 12.5. The third-order valence-corrected chi connectivity index (χ3v) is 22.2. The first-order valence-electron chi connectivity index (χ1n) is 25.3. The van der Waals surface area contributed by atoms with Crippen LogP contribution < -0.4 is 17.2 Å².